The van der Waals surface area contributed by atoms with Crippen LogP contribution < -0.4 is 10.1 Å². The number of nitrogens with zero attached hydrogens (tertiary/aromatic N) is 3. The summed E-state index contributed by atoms with van der Waals surface area (Å²) in [6.07, 6.45) is 3.41. The molecule has 1 atom stereocenters. The van der Waals surface area contributed by atoms with Crippen molar-refractivity contribution in [3.63, 3.8) is 0 Å². The molecular formula is C23H25ClN4O3S. The van der Waals surface area contributed by atoms with Crippen LogP contribution in [-0.4, -0.2) is 30.0 Å². The molecule has 2 aliphatic rings. The number of hydrogen-bond acceptors (Lipinski definition) is 6. The minimum absolute atomic E-state index is 0.0521. The first-order valence-corrected chi connectivity index (χ1v) is 12.0. The van der Waals surface area contributed by atoms with Gasteiger partial charge in [-0.2, -0.15) is 10.1 Å². The summed E-state index contributed by atoms with van der Waals surface area (Å²) in [6.45, 7) is 4.78. The van der Waals surface area contributed by atoms with Crippen LogP contribution in [0.1, 0.15) is 54.5 Å². The highest BCUT2D eigenvalue weighted by Crippen LogP contribution is 2.41. The lowest BCUT2D eigenvalue weighted by atomic mass is 9.92. The normalized spacial score (nSPS) is 18.5. The van der Waals surface area contributed by atoms with Crippen molar-refractivity contribution >= 4 is 40.3 Å². The predicted molar refractivity (Wildman–Crippen MR) is 125 cm³/mol. The Balaban J connectivity index is 1.68. The van der Waals surface area contributed by atoms with Crippen LogP contribution in [0.3, 0.4) is 0 Å². The molecule has 0 spiro atoms. The lowest BCUT2D eigenvalue weighted by Gasteiger charge is -2.30. The van der Waals surface area contributed by atoms with Gasteiger partial charge in [0.15, 0.2) is 0 Å². The number of nitrogens with one attached hydrogen (secondary N) is 1. The molecule has 7 nitrogen and oxygen atoms in total. The summed E-state index contributed by atoms with van der Waals surface area (Å²) in [5.41, 5.74) is 1.82. The average molecular weight is 473 g/mol. The van der Waals surface area contributed by atoms with Crippen molar-refractivity contribution in [2.75, 3.05) is 13.2 Å². The first-order chi connectivity index (χ1) is 15.5. The molecule has 9 heteroatoms. The Morgan fingerprint density at radius 2 is 2.09 bits per heavy atom. The summed E-state index contributed by atoms with van der Waals surface area (Å²) in [6, 6.07) is 9.27. The molecule has 32 heavy (non-hydrogen) atoms. The van der Waals surface area contributed by atoms with Crippen molar-refractivity contribution in [1.29, 1.82) is 0 Å². The van der Waals surface area contributed by atoms with Crippen LogP contribution in [0, 0.1) is 0 Å². The standard InChI is InChI=1S/C23H25ClN4O3S/c1-3-5-10-31-14-6-8-16(18(24)11-14)19-12-17(20-9-7-15(4-2)32-20)22(23(30)26-19)28-21(29)13-25-27-28/h6-9,11,19H,3-5,10,12-13H2,1-2H3,(H,26,30)/t19-/m0/s1. The third-order valence-electron chi connectivity index (χ3n) is 5.44. The van der Waals surface area contributed by atoms with Gasteiger partial charge in [-0.1, -0.05) is 43.2 Å². The maximum Gasteiger partial charge on any atom is 0.272 e. The third-order valence-corrected chi connectivity index (χ3v) is 7.06. The van der Waals surface area contributed by atoms with Gasteiger partial charge in [0.05, 0.1) is 12.6 Å². The minimum Gasteiger partial charge on any atom is -0.494 e. The van der Waals surface area contributed by atoms with E-state index in [0.717, 1.165) is 40.3 Å². The zero-order valence-electron chi connectivity index (χ0n) is 18.1. The molecule has 3 heterocycles. The number of hydrogen-bond donors (Lipinski definition) is 1. The summed E-state index contributed by atoms with van der Waals surface area (Å²) in [5.74, 6) is 0.0286. The molecule has 2 aliphatic heterocycles. The van der Waals surface area contributed by atoms with E-state index in [4.69, 9.17) is 16.3 Å². The Hall–Kier alpha value is -2.71. The Labute approximate surface area is 196 Å². The van der Waals surface area contributed by atoms with E-state index in [1.165, 1.54) is 4.88 Å². The predicted octanol–water partition coefficient (Wildman–Crippen LogP) is 5.32. The van der Waals surface area contributed by atoms with Crippen molar-refractivity contribution < 1.29 is 14.3 Å². The van der Waals surface area contributed by atoms with Gasteiger partial charge in [-0.3, -0.25) is 9.59 Å². The van der Waals surface area contributed by atoms with Gasteiger partial charge in [-0.05, 0) is 42.7 Å². The van der Waals surface area contributed by atoms with E-state index in [1.54, 1.807) is 17.4 Å². The second kappa shape index (κ2) is 9.83. The highest BCUT2D eigenvalue weighted by Gasteiger charge is 2.37. The molecule has 4 rings (SSSR count). The molecular weight excluding hydrogens is 448 g/mol. The summed E-state index contributed by atoms with van der Waals surface area (Å²) < 4.78 is 5.75. The SMILES string of the molecule is CCCCOc1ccc([C@@H]2CC(c3ccc(CC)s3)=C(N3N=NCC3=O)C(=O)N2)c(Cl)c1. The molecule has 0 saturated carbocycles. The quantitative estimate of drug-likeness (QED) is 0.527. The zero-order chi connectivity index (χ0) is 22.7. The second-order valence-corrected chi connectivity index (χ2v) is 9.23. The Bertz CT molecular complexity index is 1090. The summed E-state index contributed by atoms with van der Waals surface area (Å²) >= 11 is 8.21. The first kappa shape index (κ1) is 22.5. The van der Waals surface area contributed by atoms with E-state index in [-0.39, 0.29) is 30.1 Å². The fourth-order valence-corrected chi connectivity index (χ4v) is 5.04. The average Bonchev–Trinajstić information content (AvgIpc) is 3.42. The van der Waals surface area contributed by atoms with Crippen molar-refractivity contribution in [1.82, 2.24) is 10.3 Å². The number of amides is 2. The van der Waals surface area contributed by atoms with Crippen LogP contribution in [0.15, 0.2) is 46.4 Å². The van der Waals surface area contributed by atoms with Crippen molar-refractivity contribution in [2.45, 2.75) is 45.6 Å². The number of rotatable bonds is 8. The van der Waals surface area contributed by atoms with Crippen LogP contribution in [-0.2, 0) is 16.0 Å². The highest BCUT2D eigenvalue weighted by molar-refractivity contribution is 7.13. The molecule has 0 bridgehead atoms. The molecule has 0 fully saturated rings. The summed E-state index contributed by atoms with van der Waals surface area (Å²) in [4.78, 5) is 27.6. The van der Waals surface area contributed by atoms with Gasteiger partial charge in [0.2, 0.25) is 0 Å². The smallest absolute Gasteiger partial charge is 0.272 e. The number of benzene rings is 1. The van der Waals surface area contributed by atoms with E-state index >= 15 is 0 Å². The molecule has 1 aromatic carbocycles. The number of carbonyl (C=O) groups excluding carboxylic acids is 2. The third kappa shape index (κ3) is 4.56. The van der Waals surface area contributed by atoms with E-state index in [9.17, 15) is 9.59 Å². The second-order valence-electron chi connectivity index (χ2n) is 7.66. The van der Waals surface area contributed by atoms with E-state index in [1.807, 2.05) is 18.2 Å². The molecule has 2 amide bonds. The molecule has 0 saturated heterocycles. The fourth-order valence-electron chi connectivity index (χ4n) is 3.73. The summed E-state index contributed by atoms with van der Waals surface area (Å²) in [7, 11) is 0. The monoisotopic (exact) mass is 472 g/mol. The Morgan fingerprint density at radius 3 is 2.75 bits per heavy atom. The van der Waals surface area contributed by atoms with Crippen LogP contribution in [0.4, 0.5) is 0 Å². The van der Waals surface area contributed by atoms with E-state index in [0.29, 0.717) is 23.8 Å². The molecule has 2 aromatic rings. The molecule has 1 aromatic heterocycles. The van der Waals surface area contributed by atoms with Crippen molar-refractivity contribution in [2.24, 2.45) is 10.3 Å². The highest BCUT2D eigenvalue weighted by atomic mass is 35.5. The molecule has 1 N–H and O–H groups in total. The van der Waals surface area contributed by atoms with Gasteiger partial charge in [0, 0.05) is 26.8 Å². The number of thiophene rings is 1. The van der Waals surface area contributed by atoms with Gasteiger partial charge in [-0.25, -0.2) is 0 Å². The number of halogens is 1. The Morgan fingerprint density at radius 1 is 1.25 bits per heavy atom. The number of carbonyl (C=O) groups is 2. The van der Waals surface area contributed by atoms with Gasteiger partial charge in [-0.15, -0.1) is 11.3 Å². The lowest BCUT2D eigenvalue weighted by Crippen LogP contribution is -2.41. The van der Waals surface area contributed by atoms with E-state index < -0.39 is 0 Å². The van der Waals surface area contributed by atoms with Gasteiger partial charge in [0.25, 0.3) is 11.8 Å². The largest absolute Gasteiger partial charge is 0.494 e. The molecule has 0 unspecified atom stereocenters. The van der Waals surface area contributed by atoms with Crippen LogP contribution in [0.25, 0.3) is 5.57 Å². The maximum absolute atomic E-state index is 13.2. The topological polar surface area (TPSA) is 83.4 Å². The Kier molecular flexibility index (Phi) is 6.91. The van der Waals surface area contributed by atoms with E-state index in [2.05, 4.69) is 35.6 Å². The first-order valence-electron chi connectivity index (χ1n) is 10.8. The van der Waals surface area contributed by atoms with Crippen molar-refractivity contribution in [3.05, 3.63) is 56.4 Å². The minimum atomic E-state index is -0.365. The lowest BCUT2D eigenvalue weighted by molar-refractivity contribution is -0.130. The molecule has 168 valence electrons. The number of unbranched alkanes of at least 4 members (excludes halogenated alkanes) is 1. The van der Waals surface area contributed by atoms with Crippen molar-refractivity contribution in [3.8, 4) is 5.75 Å². The number of aryl methyl sites for hydroxylation is 1. The van der Waals surface area contributed by atoms with Crippen LogP contribution >= 0.6 is 22.9 Å². The van der Waals surface area contributed by atoms with Crippen LogP contribution in [0.5, 0.6) is 5.75 Å². The molecule has 0 radical (unpaired) electrons. The van der Waals surface area contributed by atoms with Gasteiger partial charge in [0.1, 0.15) is 18.0 Å². The molecule has 0 aliphatic carbocycles. The number of ether oxygens (including phenoxy) is 1. The van der Waals surface area contributed by atoms with Gasteiger partial charge < -0.3 is 10.1 Å². The fraction of sp³-hybridized carbons (Fsp3) is 0.391. The zero-order valence-corrected chi connectivity index (χ0v) is 19.6. The summed E-state index contributed by atoms with van der Waals surface area (Å²) in [5, 5.41) is 12.4. The van der Waals surface area contributed by atoms with Gasteiger partial charge >= 0.3 is 0 Å². The van der Waals surface area contributed by atoms with Crippen LogP contribution in [0.2, 0.25) is 5.02 Å². The maximum atomic E-state index is 13.2.